The van der Waals surface area contributed by atoms with E-state index in [9.17, 15) is 14.4 Å². The SMILES string of the molecule is Cn1c(=O)n(CC(=O)Nc2cccc(Cl)c2)c(=O)c2cnc(-c3ccccc3)nc21. The van der Waals surface area contributed by atoms with E-state index in [1.807, 2.05) is 30.3 Å². The largest absolute Gasteiger partial charge is 0.332 e. The van der Waals surface area contributed by atoms with Gasteiger partial charge in [0.1, 0.15) is 11.9 Å². The number of hydrogen-bond acceptors (Lipinski definition) is 5. The number of aryl methyl sites for hydroxylation is 1. The number of amides is 1. The van der Waals surface area contributed by atoms with Crippen LogP contribution in [-0.2, 0) is 18.4 Å². The van der Waals surface area contributed by atoms with E-state index in [4.69, 9.17) is 11.6 Å². The van der Waals surface area contributed by atoms with Gasteiger partial charge in [-0.05, 0) is 18.2 Å². The fraction of sp³-hybridized carbons (Fsp3) is 0.0952. The van der Waals surface area contributed by atoms with Crippen LogP contribution in [0.2, 0.25) is 5.02 Å². The average molecular weight is 422 g/mol. The van der Waals surface area contributed by atoms with Crippen molar-refractivity contribution < 1.29 is 4.79 Å². The highest BCUT2D eigenvalue weighted by molar-refractivity contribution is 6.30. The molecule has 0 radical (unpaired) electrons. The normalized spacial score (nSPS) is 10.9. The van der Waals surface area contributed by atoms with E-state index in [1.165, 1.54) is 17.8 Å². The summed E-state index contributed by atoms with van der Waals surface area (Å²) in [5, 5.41) is 3.22. The minimum Gasteiger partial charge on any atom is -0.324 e. The first-order valence-electron chi connectivity index (χ1n) is 9.01. The highest BCUT2D eigenvalue weighted by Gasteiger charge is 2.16. The summed E-state index contributed by atoms with van der Waals surface area (Å²) in [4.78, 5) is 46.6. The number of rotatable bonds is 4. The zero-order valence-electron chi connectivity index (χ0n) is 15.9. The van der Waals surface area contributed by atoms with Crippen molar-refractivity contribution in [1.82, 2.24) is 19.1 Å². The highest BCUT2D eigenvalue weighted by Crippen LogP contribution is 2.16. The van der Waals surface area contributed by atoms with Crippen LogP contribution in [0.4, 0.5) is 5.69 Å². The average Bonchev–Trinajstić information content (AvgIpc) is 2.75. The summed E-state index contributed by atoms with van der Waals surface area (Å²) in [5.74, 6) is -0.133. The summed E-state index contributed by atoms with van der Waals surface area (Å²) in [5.41, 5.74) is 0.150. The van der Waals surface area contributed by atoms with Crippen molar-refractivity contribution in [1.29, 1.82) is 0 Å². The molecular weight excluding hydrogens is 406 g/mol. The van der Waals surface area contributed by atoms with Gasteiger partial charge in [-0.1, -0.05) is 48.0 Å². The van der Waals surface area contributed by atoms with Gasteiger partial charge in [0.25, 0.3) is 5.56 Å². The molecule has 0 saturated heterocycles. The third-order valence-electron chi connectivity index (χ3n) is 4.52. The number of hydrogen-bond donors (Lipinski definition) is 1. The Hall–Kier alpha value is -3.78. The first-order valence-corrected chi connectivity index (χ1v) is 9.39. The van der Waals surface area contributed by atoms with Crippen molar-refractivity contribution >= 4 is 34.2 Å². The van der Waals surface area contributed by atoms with Crippen molar-refractivity contribution in [2.24, 2.45) is 7.05 Å². The van der Waals surface area contributed by atoms with E-state index >= 15 is 0 Å². The second-order valence-electron chi connectivity index (χ2n) is 6.59. The van der Waals surface area contributed by atoms with Gasteiger partial charge >= 0.3 is 5.69 Å². The summed E-state index contributed by atoms with van der Waals surface area (Å²) in [6.07, 6.45) is 1.37. The van der Waals surface area contributed by atoms with Crippen molar-refractivity contribution in [3.8, 4) is 11.4 Å². The Bertz CT molecular complexity index is 1380. The number of nitrogens with one attached hydrogen (secondary N) is 1. The number of nitrogens with zero attached hydrogens (tertiary/aromatic N) is 4. The third kappa shape index (κ3) is 3.72. The van der Waals surface area contributed by atoms with Gasteiger partial charge in [-0.2, -0.15) is 0 Å². The molecule has 2 aromatic heterocycles. The van der Waals surface area contributed by atoms with Crippen LogP contribution in [0.15, 0.2) is 70.4 Å². The zero-order chi connectivity index (χ0) is 21.3. The van der Waals surface area contributed by atoms with Crippen molar-refractivity contribution in [3.63, 3.8) is 0 Å². The number of carbonyl (C=O) groups excluding carboxylic acids is 1. The molecule has 8 nitrogen and oxygen atoms in total. The summed E-state index contributed by atoms with van der Waals surface area (Å²) in [6, 6.07) is 15.8. The Morgan fingerprint density at radius 1 is 1.10 bits per heavy atom. The number of aromatic nitrogens is 4. The minimum absolute atomic E-state index is 0.146. The Kier molecular flexibility index (Phi) is 5.16. The Labute approximate surface area is 175 Å². The van der Waals surface area contributed by atoms with Gasteiger partial charge in [0.15, 0.2) is 11.5 Å². The van der Waals surface area contributed by atoms with Gasteiger partial charge in [0, 0.05) is 29.5 Å². The number of anilines is 1. The summed E-state index contributed by atoms with van der Waals surface area (Å²) < 4.78 is 2.09. The predicted molar refractivity (Wildman–Crippen MR) is 115 cm³/mol. The number of carbonyl (C=O) groups is 1. The van der Waals surface area contributed by atoms with Crippen LogP contribution in [0.25, 0.3) is 22.4 Å². The molecule has 0 aliphatic carbocycles. The van der Waals surface area contributed by atoms with Crippen LogP contribution < -0.4 is 16.6 Å². The fourth-order valence-electron chi connectivity index (χ4n) is 3.06. The molecule has 2 aromatic carbocycles. The maximum Gasteiger partial charge on any atom is 0.332 e. The molecule has 4 aromatic rings. The van der Waals surface area contributed by atoms with E-state index in [1.54, 1.807) is 24.3 Å². The number of halogens is 1. The maximum atomic E-state index is 12.9. The van der Waals surface area contributed by atoms with Crippen LogP contribution in [-0.4, -0.2) is 25.0 Å². The molecular formula is C21H16ClN5O3. The lowest BCUT2D eigenvalue weighted by Crippen LogP contribution is -2.42. The molecule has 0 aliphatic heterocycles. The quantitative estimate of drug-likeness (QED) is 0.545. The Morgan fingerprint density at radius 2 is 1.87 bits per heavy atom. The van der Waals surface area contributed by atoms with Crippen molar-refractivity contribution in [2.45, 2.75) is 6.54 Å². The van der Waals surface area contributed by atoms with Crippen LogP contribution in [0.5, 0.6) is 0 Å². The molecule has 9 heteroatoms. The highest BCUT2D eigenvalue weighted by atomic mass is 35.5. The molecule has 2 heterocycles. The van der Waals surface area contributed by atoms with Crippen LogP contribution in [0.1, 0.15) is 0 Å². The Morgan fingerprint density at radius 3 is 2.60 bits per heavy atom. The van der Waals surface area contributed by atoms with Gasteiger partial charge in [-0.3, -0.25) is 18.7 Å². The lowest BCUT2D eigenvalue weighted by atomic mass is 10.2. The molecule has 0 bridgehead atoms. The molecule has 0 atom stereocenters. The van der Waals surface area contributed by atoms with Crippen LogP contribution in [0.3, 0.4) is 0 Å². The summed E-state index contributed by atoms with van der Waals surface area (Å²) >= 11 is 5.91. The topological polar surface area (TPSA) is 98.9 Å². The number of fused-ring (bicyclic) bond motifs is 1. The molecule has 0 unspecified atom stereocenters. The van der Waals surface area contributed by atoms with Gasteiger partial charge in [-0.15, -0.1) is 0 Å². The third-order valence-corrected chi connectivity index (χ3v) is 4.76. The van der Waals surface area contributed by atoms with Gasteiger partial charge in [0.05, 0.1) is 0 Å². The molecule has 0 saturated carbocycles. The lowest BCUT2D eigenvalue weighted by Gasteiger charge is -2.11. The lowest BCUT2D eigenvalue weighted by molar-refractivity contribution is -0.116. The molecule has 1 amide bonds. The second kappa shape index (κ2) is 7.92. The van der Waals surface area contributed by atoms with Crippen LogP contribution >= 0.6 is 11.6 Å². The van der Waals surface area contributed by atoms with Gasteiger partial charge < -0.3 is 5.32 Å². The van der Waals surface area contributed by atoms with E-state index < -0.39 is 23.7 Å². The van der Waals surface area contributed by atoms with Gasteiger partial charge in [-0.25, -0.2) is 14.8 Å². The molecule has 0 fully saturated rings. The predicted octanol–water partition coefficient (Wildman–Crippen LogP) is 2.45. The summed E-state index contributed by atoms with van der Waals surface area (Å²) in [7, 11) is 1.50. The second-order valence-corrected chi connectivity index (χ2v) is 7.02. The first-order chi connectivity index (χ1) is 14.4. The fourth-order valence-corrected chi connectivity index (χ4v) is 3.25. The first kappa shape index (κ1) is 19.5. The molecule has 4 rings (SSSR count). The monoisotopic (exact) mass is 421 g/mol. The summed E-state index contributed by atoms with van der Waals surface area (Å²) in [6.45, 7) is -0.450. The Balaban J connectivity index is 1.72. The molecule has 1 N–H and O–H groups in total. The van der Waals surface area contributed by atoms with E-state index in [2.05, 4.69) is 15.3 Å². The standard InChI is InChI=1S/C21H16ClN5O3/c1-26-19-16(11-23-18(25-19)13-6-3-2-4-7-13)20(29)27(21(26)30)12-17(28)24-15-9-5-8-14(22)10-15/h2-11H,12H2,1H3,(H,24,28). The smallest absolute Gasteiger partial charge is 0.324 e. The molecule has 150 valence electrons. The molecule has 30 heavy (non-hydrogen) atoms. The number of benzene rings is 2. The van der Waals surface area contributed by atoms with Gasteiger partial charge in [0.2, 0.25) is 5.91 Å². The van der Waals surface area contributed by atoms with E-state index in [0.717, 1.165) is 10.1 Å². The molecule has 0 aliphatic rings. The zero-order valence-corrected chi connectivity index (χ0v) is 16.6. The van der Waals surface area contributed by atoms with Crippen molar-refractivity contribution in [3.05, 3.63) is 86.7 Å². The van der Waals surface area contributed by atoms with E-state index in [0.29, 0.717) is 16.5 Å². The minimum atomic E-state index is -0.647. The van der Waals surface area contributed by atoms with Crippen LogP contribution in [0, 0.1) is 0 Å². The maximum absolute atomic E-state index is 12.9. The van der Waals surface area contributed by atoms with Crippen molar-refractivity contribution in [2.75, 3.05) is 5.32 Å². The molecule has 0 spiro atoms. The van der Waals surface area contributed by atoms with E-state index in [-0.39, 0.29) is 11.0 Å².